The maximum Gasteiger partial charge on any atom is 0.305 e. The first-order valence-electron chi connectivity index (χ1n) is 7.41. The standard InChI is InChI=1S/C15H26N2O4/c1-11(18)16-8-5-12(6-9-16)14(21)17(15(2,3)4)10-7-13(19)20/h12H,5-10H2,1-4H3,(H,19,20). The predicted octanol–water partition coefficient (Wildman–Crippen LogP) is 1.35. The van der Waals surface area contributed by atoms with Crippen molar-refractivity contribution in [2.45, 2.75) is 52.5 Å². The van der Waals surface area contributed by atoms with Gasteiger partial charge in [0.2, 0.25) is 11.8 Å². The zero-order chi connectivity index (χ0) is 16.2. The molecule has 0 saturated carbocycles. The van der Waals surface area contributed by atoms with Crippen LogP contribution in [0.2, 0.25) is 0 Å². The molecule has 6 heteroatoms. The molecule has 1 N–H and O–H groups in total. The van der Waals surface area contributed by atoms with E-state index in [0.717, 1.165) is 0 Å². The monoisotopic (exact) mass is 298 g/mol. The molecule has 0 aliphatic carbocycles. The Bertz CT molecular complexity index is 406. The lowest BCUT2D eigenvalue weighted by Gasteiger charge is -2.40. The summed E-state index contributed by atoms with van der Waals surface area (Å²) in [4.78, 5) is 38.2. The second kappa shape index (κ2) is 6.91. The lowest BCUT2D eigenvalue weighted by molar-refractivity contribution is -0.146. The Labute approximate surface area is 126 Å². The van der Waals surface area contributed by atoms with Crippen molar-refractivity contribution in [1.29, 1.82) is 0 Å². The molecule has 0 bridgehead atoms. The van der Waals surface area contributed by atoms with Gasteiger partial charge in [-0.1, -0.05) is 0 Å². The number of hydrogen-bond donors (Lipinski definition) is 1. The fourth-order valence-corrected chi connectivity index (χ4v) is 2.65. The van der Waals surface area contributed by atoms with Crippen molar-refractivity contribution in [1.82, 2.24) is 9.80 Å². The van der Waals surface area contributed by atoms with Crippen molar-refractivity contribution in [3.8, 4) is 0 Å². The quantitative estimate of drug-likeness (QED) is 0.849. The minimum absolute atomic E-state index is 0.00644. The first-order chi connectivity index (χ1) is 9.62. The highest BCUT2D eigenvalue weighted by molar-refractivity contribution is 5.81. The van der Waals surface area contributed by atoms with E-state index in [2.05, 4.69) is 0 Å². The molecule has 1 rings (SSSR count). The third kappa shape index (κ3) is 5.02. The molecule has 0 aromatic rings. The molecule has 6 nitrogen and oxygen atoms in total. The van der Waals surface area contributed by atoms with Gasteiger partial charge in [0.15, 0.2) is 0 Å². The van der Waals surface area contributed by atoms with Crippen LogP contribution in [0.1, 0.15) is 47.0 Å². The molecule has 21 heavy (non-hydrogen) atoms. The van der Waals surface area contributed by atoms with E-state index < -0.39 is 11.5 Å². The number of amides is 2. The van der Waals surface area contributed by atoms with Gasteiger partial charge >= 0.3 is 5.97 Å². The van der Waals surface area contributed by atoms with E-state index in [9.17, 15) is 14.4 Å². The van der Waals surface area contributed by atoms with Gasteiger partial charge in [-0.05, 0) is 33.6 Å². The van der Waals surface area contributed by atoms with Crippen LogP contribution in [0, 0.1) is 5.92 Å². The SMILES string of the molecule is CC(=O)N1CCC(C(=O)N(CCC(=O)O)C(C)(C)C)CC1. The summed E-state index contributed by atoms with van der Waals surface area (Å²) in [5.74, 6) is -0.969. The van der Waals surface area contributed by atoms with E-state index >= 15 is 0 Å². The van der Waals surface area contributed by atoms with Crippen LogP contribution in [0.15, 0.2) is 0 Å². The second-order valence-corrected chi connectivity index (χ2v) is 6.58. The number of likely N-dealkylation sites (tertiary alicyclic amines) is 1. The van der Waals surface area contributed by atoms with E-state index in [1.165, 1.54) is 6.92 Å². The van der Waals surface area contributed by atoms with E-state index in [4.69, 9.17) is 5.11 Å². The van der Waals surface area contributed by atoms with Crippen molar-refractivity contribution < 1.29 is 19.5 Å². The number of piperidine rings is 1. The summed E-state index contributed by atoms with van der Waals surface area (Å²) in [6, 6.07) is 0. The number of aliphatic carboxylic acids is 1. The van der Waals surface area contributed by atoms with Crippen LogP contribution >= 0.6 is 0 Å². The molecule has 1 saturated heterocycles. The van der Waals surface area contributed by atoms with Crippen molar-refractivity contribution in [3.63, 3.8) is 0 Å². The van der Waals surface area contributed by atoms with E-state index in [1.807, 2.05) is 20.8 Å². The predicted molar refractivity (Wildman–Crippen MR) is 78.7 cm³/mol. The molecule has 0 spiro atoms. The molecule has 0 atom stereocenters. The molecule has 2 amide bonds. The highest BCUT2D eigenvalue weighted by Gasteiger charge is 2.34. The number of hydrogen-bond acceptors (Lipinski definition) is 3. The largest absolute Gasteiger partial charge is 0.481 e. The molecule has 0 radical (unpaired) electrons. The Balaban J connectivity index is 2.69. The Hall–Kier alpha value is -1.59. The smallest absolute Gasteiger partial charge is 0.305 e. The Kier molecular flexibility index (Phi) is 5.75. The Morgan fingerprint density at radius 1 is 1.19 bits per heavy atom. The fraction of sp³-hybridized carbons (Fsp3) is 0.800. The molecular weight excluding hydrogens is 272 g/mol. The summed E-state index contributed by atoms with van der Waals surface area (Å²) in [5.41, 5.74) is -0.399. The van der Waals surface area contributed by atoms with Gasteiger partial charge in [-0.25, -0.2) is 0 Å². The van der Waals surface area contributed by atoms with Gasteiger partial charge in [-0.2, -0.15) is 0 Å². The average Bonchev–Trinajstić information content (AvgIpc) is 2.36. The third-order valence-corrected chi connectivity index (χ3v) is 3.91. The van der Waals surface area contributed by atoms with Crippen LogP contribution in [0.4, 0.5) is 0 Å². The van der Waals surface area contributed by atoms with Crippen LogP contribution in [0.3, 0.4) is 0 Å². The zero-order valence-electron chi connectivity index (χ0n) is 13.4. The van der Waals surface area contributed by atoms with Gasteiger partial charge in [0.05, 0.1) is 6.42 Å². The van der Waals surface area contributed by atoms with Crippen LogP contribution in [-0.2, 0) is 14.4 Å². The van der Waals surface area contributed by atoms with Crippen molar-refractivity contribution in [3.05, 3.63) is 0 Å². The molecular formula is C15H26N2O4. The summed E-state index contributed by atoms with van der Waals surface area (Å²) >= 11 is 0. The van der Waals surface area contributed by atoms with Crippen LogP contribution in [0.25, 0.3) is 0 Å². The summed E-state index contributed by atoms with van der Waals surface area (Å²) in [6.45, 7) is 8.71. The Morgan fingerprint density at radius 2 is 1.71 bits per heavy atom. The van der Waals surface area contributed by atoms with Gasteiger partial charge in [-0.3, -0.25) is 14.4 Å². The van der Waals surface area contributed by atoms with Crippen molar-refractivity contribution in [2.75, 3.05) is 19.6 Å². The number of nitrogens with zero attached hydrogens (tertiary/aromatic N) is 2. The molecule has 0 unspecified atom stereocenters. The summed E-state index contributed by atoms with van der Waals surface area (Å²) in [7, 11) is 0. The lowest BCUT2D eigenvalue weighted by atomic mass is 9.92. The van der Waals surface area contributed by atoms with Crippen molar-refractivity contribution in [2.24, 2.45) is 5.92 Å². The number of rotatable bonds is 4. The average molecular weight is 298 g/mol. The Morgan fingerprint density at radius 3 is 2.10 bits per heavy atom. The zero-order valence-corrected chi connectivity index (χ0v) is 13.4. The topological polar surface area (TPSA) is 77.9 Å². The van der Waals surface area contributed by atoms with Gasteiger partial charge in [0.25, 0.3) is 0 Å². The highest BCUT2D eigenvalue weighted by atomic mass is 16.4. The normalized spacial score (nSPS) is 16.7. The van der Waals surface area contributed by atoms with E-state index in [-0.39, 0.29) is 30.7 Å². The molecule has 1 aliphatic heterocycles. The van der Waals surface area contributed by atoms with Gasteiger partial charge in [0, 0.05) is 38.0 Å². The van der Waals surface area contributed by atoms with Gasteiger partial charge < -0.3 is 14.9 Å². The van der Waals surface area contributed by atoms with E-state index in [0.29, 0.717) is 25.9 Å². The molecule has 0 aromatic carbocycles. The molecule has 120 valence electrons. The maximum absolute atomic E-state index is 12.7. The van der Waals surface area contributed by atoms with Crippen LogP contribution in [0.5, 0.6) is 0 Å². The van der Waals surface area contributed by atoms with E-state index in [1.54, 1.807) is 9.80 Å². The third-order valence-electron chi connectivity index (χ3n) is 3.91. The molecule has 1 fully saturated rings. The number of carboxylic acid groups (broad SMARTS) is 1. The van der Waals surface area contributed by atoms with Crippen LogP contribution < -0.4 is 0 Å². The minimum atomic E-state index is -0.900. The fourth-order valence-electron chi connectivity index (χ4n) is 2.65. The first kappa shape index (κ1) is 17.5. The summed E-state index contributed by atoms with van der Waals surface area (Å²) in [6.07, 6.45) is 1.26. The summed E-state index contributed by atoms with van der Waals surface area (Å²) < 4.78 is 0. The highest BCUT2D eigenvalue weighted by Crippen LogP contribution is 2.24. The molecule has 0 aromatic heterocycles. The minimum Gasteiger partial charge on any atom is -0.481 e. The number of carbonyl (C=O) groups is 3. The van der Waals surface area contributed by atoms with Gasteiger partial charge in [0.1, 0.15) is 0 Å². The van der Waals surface area contributed by atoms with Crippen LogP contribution in [-0.4, -0.2) is 57.9 Å². The first-order valence-corrected chi connectivity index (χ1v) is 7.41. The summed E-state index contributed by atoms with van der Waals surface area (Å²) in [5, 5.41) is 8.83. The number of carboxylic acids is 1. The molecule has 1 aliphatic rings. The van der Waals surface area contributed by atoms with Crippen molar-refractivity contribution >= 4 is 17.8 Å². The molecule has 1 heterocycles. The maximum atomic E-state index is 12.7. The second-order valence-electron chi connectivity index (χ2n) is 6.58. The number of carbonyl (C=O) groups excluding carboxylic acids is 2. The lowest BCUT2D eigenvalue weighted by Crippen LogP contribution is -2.51. The van der Waals surface area contributed by atoms with Gasteiger partial charge in [-0.15, -0.1) is 0 Å².